The van der Waals surface area contributed by atoms with Gasteiger partial charge in [-0.15, -0.1) is 0 Å². The fourth-order valence-electron chi connectivity index (χ4n) is 15.1. The highest BCUT2D eigenvalue weighted by molar-refractivity contribution is 6.11. The van der Waals surface area contributed by atoms with Gasteiger partial charge < -0.3 is 9.13 Å². The second kappa shape index (κ2) is 38.5. The number of hydrogen-bond donors (Lipinski definition) is 0. The maximum Gasteiger partial charge on any atom is 0.0491 e. The van der Waals surface area contributed by atoms with E-state index in [4.69, 9.17) is 0 Å². The first-order chi connectivity index (χ1) is 47.2. The third kappa shape index (κ3) is 19.4. The van der Waals surface area contributed by atoms with Crippen LogP contribution >= 0.6 is 0 Å². The molecule has 0 aliphatic carbocycles. The maximum absolute atomic E-state index is 4.27. The SMILES string of the molecule is C=Cc1cc(CCCCCC)c(/C=C/c2ccc3c(c2)c2cc(/C=C/c4cc(CCCCCC)c(/C=C/c5ccc6c(c5)c5cc(/C=C/c7cc(CCCCCC)c(C=C)cc7CCCCCC)ccc5n6CC)cc4CCCCCC)ccc2n3CC)cc1CCCCCC. The maximum atomic E-state index is 4.27. The molecule has 0 bridgehead atoms. The molecule has 2 aromatic heterocycles. The zero-order valence-corrected chi connectivity index (χ0v) is 61.1. The minimum Gasteiger partial charge on any atom is -0.341 e. The van der Waals surface area contributed by atoms with Gasteiger partial charge in [0.05, 0.1) is 0 Å². The third-order valence-electron chi connectivity index (χ3n) is 20.7. The van der Waals surface area contributed by atoms with E-state index in [9.17, 15) is 0 Å². The van der Waals surface area contributed by atoms with E-state index < -0.39 is 0 Å². The lowest BCUT2D eigenvalue weighted by atomic mass is 9.91. The van der Waals surface area contributed by atoms with E-state index in [0.29, 0.717) is 0 Å². The Morgan fingerprint density at radius 1 is 0.240 bits per heavy atom. The summed E-state index contributed by atoms with van der Waals surface area (Å²) < 4.78 is 5.00. The molecule has 9 aromatic rings. The number of benzene rings is 7. The molecule has 506 valence electrons. The molecule has 0 aliphatic heterocycles. The topological polar surface area (TPSA) is 9.86 Å². The van der Waals surface area contributed by atoms with E-state index in [0.717, 1.165) is 51.6 Å². The van der Waals surface area contributed by atoms with Crippen LogP contribution in [-0.2, 0) is 51.6 Å². The molecule has 0 amide bonds. The smallest absolute Gasteiger partial charge is 0.0491 e. The predicted molar refractivity (Wildman–Crippen MR) is 433 cm³/mol. The molecule has 0 saturated carbocycles. The molecule has 2 heterocycles. The third-order valence-corrected chi connectivity index (χ3v) is 20.7. The van der Waals surface area contributed by atoms with Gasteiger partial charge >= 0.3 is 0 Å². The van der Waals surface area contributed by atoms with Crippen molar-refractivity contribution in [3.63, 3.8) is 0 Å². The minimum atomic E-state index is 0.926. The first kappa shape index (κ1) is 72.8. The Bertz CT molecular complexity index is 3830. The summed E-state index contributed by atoms with van der Waals surface area (Å²) in [7, 11) is 0. The van der Waals surface area contributed by atoms with Crippen LogP contribution < -0.4 is 0 Å². The van der Waals surface area contributed by atoms with E-state index in [1.165, 1.54) is 287 Å². The molecule has 0 saturated heterocycles. The Morgan fingerprint density at radius 3 is 0.646 bits per heavy atom. The standard InChI is InChI=1S/C94H120N2/c1-11-21-27-33-39-77-67-83(79(65-75(77)17-7)41-35-29-23-13-3)53-45-71-49-57-91-87(61-71)89-63-73(51-59-93(89)95(91)19-9)47-55-85-69-82(44-38-32-26-16-6)86(70-81(85)43-37-31-25-15-5)56-48-74-52-60-94-90(64-74)88-62-72(50-58-92(88)96(94)20-10)46-54-84-68-78(40-34-28-22-12-2)76(18-8)66-80(84)42-36-30-24-14-4/h17-18,45-70H,7-8,11-16,19-44H2,1-6,9-10H3/b53-45+,54-46+,55-47+,56-48+. The highest BCUT2D eigenvalue weighted by atomic mass is 15.0. The van der Waals surface area contributed by atoms with Gasteiger partial charge in [0.2, 0.25) is 0 Å². The summed E-state index contributed by atoms with van der Waals surface area (Å²) in [6.45, 7) is 28.8. The van der Waals surface area contributed by atoms with Crippen LogP contribution in [0.25, 0.3) is 104 Å². The molecule has 2 nitrogen and oxygen atoms in total. The Kier molecular flexibility index (Phi) is 29.2. The van der Waals surface area contributed by atoms with Crippen LogP contribution in [0.4, 0.5) is 0 Å². The van der Waals surface area contributed by atoms with E-state index in [1.54, 1.807) is 0 Å². The van der Waals surface area contributed by atoms with E-state index in [-0.39, 0.29) is 0 Å². The highest BCUT2D eigenvalue weighted by Gasteiger charge is 2.16. The van der Waals surface area contributed by atoms with Gasteiger partial charge in [-0.3, -0.25) is 0 Å². The van der Waals surface area contributed by atoms with Crippen LogP contribution in [0.15, 0.2) is 122 Å². The molecule has 0 radical (unpaired) electrons. The normalized spacial score (nSPS) is 12.2. The number of rotatable bonds is 42. The van der Waals surface area contributed by atoms with E-state index >= 15 is 0 Å². The monoisotopic (exact) mass is 1280 g/mol. The average Bonchev–Trinajstić information content (AvgIpc) is 1.61. The molecule has 7 aromatic carbocycles. The average molecular weight is 1280 g/mol. The Labute approximate surface area is 582 Å². The first-order valence-electron chi connectivity index (χ1n) is 38.8. The van der Waals surface area contributed by atoms with Crippen molar-refractivity contribution in [2.24, 2.45) is 0 Å². The van der Waals surface area contributed by atoms with Crippen LogP contribution in [0.1, 0.15) is 299 Å². The van der Waals surface area contributed by atoms with Gasteiger partial charge in [0.1, 0.15) is 0 Å². The summed E-state index contributed by atoms with van der Waals surface area (Å²) in [5, 5.41) is 5.30. The summed E-state index contributed by atoms with van der Waals surface area (Å²) in [6.07, 6.45) is 60.2. The van der Waals surface area contributed by atoms with Gasteiger partial charge in [-0.2, -0.15) is 0 Å². The molecular weight excluding hydrogens is 1160 g/mol. The summed E-state index contributed by atoms with van der Waals surface area (Å²) >= 11 is 0. The highest BCUT2D eigenvalue weighted by Crippen LogP contribution is 2.36. The van der Waals surface area contributed by atoms with Crippen LogP contribution in [0.5, 0.6) is 0 Å². The van der Waals surface area contributed by atoms with Gasteiger partial charge in [0, 0.05) is 56.7 Å². The zero-order valence-electron chi connectivity index (χ0n) is 61.1. The predicted octanol–water partition coefficient (Wildman–Crippen LogP) is 28.6. The molecular formula is C94H120N2. The number of hydrogen-bond acceptors (Lipinski definition) is 0. The fourth-order valence-corrected chi connectivity index (χ4v) is 15.1. The number of nitrogens with zero attached hydrogens (tertiary/aromatic N) is 2. The van der Waals surface area contributed by atoms with Gasteiger partial charge in [-0.05, 0) is 228 Å². The molecule has 9 rings (SSSR count). The lowest BCUT2D eigenvalue weighted by molar-refractivity contribution is 0.663. The summed E-state index contributed by atoms with van der Waals surface area (Å²) in [4.78, 5) is 0. The van der Waals surface area contributed by atoms with Crippen molar-refractivity contribution in [1.82, 2.24) is 9.13 Å². The second-order valence-corrected chi connectivity index (χ2v) is 27.9. The Balaban J connectivity index is 1.04. The van der Waals surface area contributed by atoms with Gasteiger partial charge in [-0.25, -0.2) is 0 Å². The molecule has 0 fully saturated rings. The van der Waals surface area contributed by atoms with Crippen LogP contribution in [0.2, 0.25) is 0 Å². The molecule has 0 N–H and O–H groups in total. The largest absolute Gasteiger partial charge is 0.341 e. The van der Waals surface area contributed by atoms with Gasteiger partial charge in [0.15, 0.2) is 0 Å². The van der Waals surface area contributed by atoms with Crippen LogP contribution in [-0.4, -0.2) is 9.13 Å². The number of fused-ring (bicyclic) bond motifs is 6. The molecule has 0 aliphatic rings. The lowest BCUT2D eigenvalue weighted by Gasteiger charge is -2.14. The lowest BCUT2D eigenvalue weighted by Crippen LogP contribution is -1.98. The van der Waals surface area contributed by atoms with Crippen molar-refractivity contribution in [1.29, 1.82) is 0 Å². The summed E-state index contributed by atoms with van der Waals surface area (Å²) in [5.41, 5.74) is 27.0. The van der Waals surface area contributed by atoms with Gasteiger partial charge in [-0.1, -0.05) is 292 Å². The number of aromatic nitrogens is 2. The first-order valence-corrected chi connectivity index (χ1v) is 38.8. The number of unbranched alkanes of at least 4 members (excludes halogenated alkanes) is 18. The van der Waals surface area contributed by atoms with Crippen molar-refractivity contribution >= 4 is 104 Å². The van der Waals surface area contributed by atoms with Crippen molar-refractivity contribution in [3.8, 4) is 0 Å². The van der Waals surface area contributed by atoms with Gasteiger partial charge in [0.25, 0.3) is 0 Å². The van der Waals surface area contributed by atoms with Crippen molar-refractivity contribution in [3.05, 3.63) is 211 Å². The van der Waals surface area contributed by atoms with E-state index in [1.807, 2.05) is 0 Å². The fraction of sp³-hybridized carbons (Fsp3) is 0.426. The van der Waals surface area contributed by atoms with Crippen molar-refractivity contribution in [2.75, 3.05) is 0 Å². The molecule has 0 atom stereocenters. The second-order valence-electron chi connectivity index (χ2n) is 27.9. The Morgan fingerprint density at radius 2 is 0.448 bits per heavy atom. The molecule has 96 heavy (non-hydrogen) atoms. The zero-order chi connectivity index (χ0) is 67.4. The van der Waals surface area contributed by atoms with Crippen LogP contribution in [0, 0.1) is 0 Å². The summed E-state index contributed by atoms with van der Waals surface area (Å²) in [5.74, 6) is 0. The number of aryl methyl sites for hydroxylation is 8. The molecule has 0 unspecified atom stereocenters. The minimum absolute atomic E-state index is 0.926. The van der Waals surface area contributed by atoms with E-state index in [2.05, 4.69) is 248 Å². The molecule has 0 spiro atoms. The quantitative estimate of drug-likeness (QED) is 0.0267. The van der Waals surface area contributed by atoms with Crippen molar-refractivity contribution in [2.45, 2.75) is 261 Å². The van der Waals surface area contributed by atoms with Crippen LogP contribution in [0.3, 0.4) is 0 Å². The molecule has 2 heteroatoms. The Hall–Kier alpha value is -7.42. The van der Waals surface area contributed by atoms with Crippen molar-refractivity contribution < 1.29 is 0 Å². The summed E-state index contributed by atoms with van der Waals surface area (Å²) in [6, 6.07) is 43.6.